The second-order valence-electron chi connectivity index (χ2n) is 5.94. The quantitative estimate of drug-likeness (QED) is 0.897. The van der Waals surface area contributed by atoms with Crippen LogP contribution in [0.1, 0.15) is 38.3 Å². The molecule has 0 amide bonds. The number of aryl methyl sites for hydroxylation is 1. The Kier molecular flexibility index (Phi) is 4.74. The summed E-state index contributed by atoms with van der Waals surface area (Å²) in [5.74, 6) is -1.14. The molecular weight excluding hydrogens is 290 g/mol. The summed E-state index contributed by atoms with van der Waals surface area (Å²) in [4.78, 5) is 5.45. The second kappa shape index (κ2) is 6.20. The maximum atomic E-state index is 13.9. The molecule has 0 spiro atoms. The SMILES string of the molecule is CCc1nc(-c2c(F)cccc2F)sc1CNC(C)(C)C. The van der Waals surface area contributed by atoms with Gasteiger partial charge in [0.25, 0.3) is 0 Å². The minimum Gasteiger partial charge on any atom is -0.307 e. The number of hydrogen-bond donors (Lipinski definition) is 1. The molecule has 5 heteroatoms. The summed E-state index contributed by atoms with van der Waals surface area (Å²) in [6.07, 6.45) is 0.744. The number of benzene rings is 1. The molecule has 0 saturated heterocycles. The van der Waals surface area contributed by atoms with Crippen LogP contribution in [0.4, 0.5) is 8.78 Å². The van der Waals surface area contributed by atoms with E-state index in [-0.39, 0.29) is 11.1 Å². The van der Waals surface area contributed by atoms with Gasteiger partial charge in [-0.15, -0.1) is 11.3 Å². The summed E-state index contributed by atoms with van der Waals surface area (Å²) in [6.45, 7) is 8.89. The van der Waals surface area contributed by atoms with Crippen LogP contribution < -0.4 is 5.32 Å². The predicted molar refractivity (Wildman–Crippen MR) is 83.4 cm³/mol. The molecule has 1 aromatic carbocycles. The number of thiazole rings is 1. The summed E-state index contributed by atoms with van der Waals surface area (Å²) in [5.41, 5.74) is 0.854. The van der Waals surface area contributed by atoms with Crippen molar-refractivity contribution in [2.45, 2.75) is 46.2 Å². The largest absolute Gasteiger partial charge is 0.307 e. The van der Waals surface area contributed by atoms with E-state index in [1.165, 1.54) is 29.5 Å². The van der Waals surface area contributed by atoms with Crippen LogP contribution in [0.25, 0.3) is 10.6 Å². The monoisotopic (exact) mass is 310 g/mol. The van der Waals surface area contributed by atoms with Crippen LogP contribution in [-0.4, -0.2) is 10.5 Å². The molecule has 0 bridgehead atoms. The van der Waals surface area contributed by atoms with Crippen molar-refractivity contribution in [3.8, 4) is 10.6 Å². The van der Waals surface area contributed by atoms with Gasteiger partial charge in [0, 0.05) is 17.0 Å². The highest BCUT2D eigenvalue weighted by molar-refractivity contribution is 7.15. The van der Waals surface area contributed by atoms with E-state index in [2.05, 4.69) is 31.1 Å². The van der Waals surface area contributed by atoms with Crippen LogP contribution >= 0.6 is 11.3 Å². The molecule has 0 radical (unpaired) electrons. The zero-order chi connectivity index (χ0) is 15.6. The topological polar surface area (TPSA) is 24.9 Å². The molecule has 0 fully saturated rings. The average Bonchev–Trinajstić information content (AvgIpc) is 2.78. The molecule has 21 heavy (non-hydrogen) atoms. The summed E-state index contributed by atoms with van der Waals surface area (Å²) in [7, 11) is 0. The normalized spacial score (nSPS) is 11.9. The van der Waals surface area contributed by atoms with Crippen molar-refractivity contribution in [2.75, 3.05) is 0 Å². The summed E-state index contributed by atoms with van der Waals surface area (Å²) in [5, 5.41) is 3.80. The van der Waals surface area contributed by atoms with Crippen molar-refractivity contribution in [1.29, 1.82) is 0 Å². The third kappa shape index (κ3) is 3.86. The van der Waals surface area contributed by atoms with Gasteiger partial charge in [0.2, 0.25) is 0 Å². The summed E-state index contributed by atoms with van der Waals surface area (Å²) >= 11 is 1.35. The molecular formula is C16H20F2N2S. The zero-order valence-electron chi connectivity index (χ0n) is 12.8. The standard InChI is InChI=1S/C16H20F2N2S/c1-5-12-13(9-19-16(2,3)4)21-15(20-12)14-10(17)7-6-8-11(14)18/h6-8,19H,5,9H2,1-4H3. The number of hydrogen-bond acceptors (Lipinski definition) is 3. The summed E-state index contributed by atoms with van der Waals surface area (Å²) in [6, 6.07) is 3.89. The van der Waals surface area contributed by atoms with E-state index < -0.39 is 11.6 Å². The van der Waals surface area contributed by atoms with Crippen LogP contribution in [0.2, 0.25) is 0 Å². The minimum atomic E-state index is -0.568. The molecule has 0 aliphatic rings. The lowest BCUT2D eigenvalue weighted by Gasteiger charge is -2.20. The van der Waals surface area contributed by atoms with Crippen molar-refractivity contribution < 1.29 is 8.78 Å². The molecule has 0 aliphatic carbocycles. The lowest BCUT2D eigenvalue weighted by molar-refractivity contribution is 0.425. The van der Waals surface area contributed by atoms with E-state index in [9.17, 15) is 8.78 Å². The number of nitrogens with one attached hydrogen (secondary N) is 1. The third-order valence-corrected chi connectivity index (χ3v) is 4.18. The summed E-state index contributed by atoms with van der Waals surface area (Å²) < 4.78 is 27.7. The fourth-order valence-corrected chi connectivity index (χ4v) is 3.09. The van der Waals surface area contributed by atoms with Gasteiger partial charge in [-0.1, -0.05) is 13.0 Å². The first-order chi connectivity index (χ1) is 9.81. The van der Waals surface area contributed by atoms with Gasteiger partial charge in [-0.25, -0.2) is 13.8 Å². The molecule has 0 unspecified atom stereocenters. The molecule has 1 aromatic heterocycles. The van der Waals surface area contributed by atoms with Gasteiger partial charge in [-0.3, -0.25) is 0 Å². The Morgan fingerprint density at radius 3 is 2.33 bits per heavy atom. The smallest absolute Gasteiger partial charge is 0.136 e. The Balaban J connectivity index is 2.37. The van der Waals surface area contributed by atoms with Gasteiger partial charge in [-0.2, -0.15) is 0 Å². The molecule has 2 nitrogen and oxygen atoms in total. The van der Waals surface area contributed by atoms with Crippen LogP contribution in [0.5, 0.6) is 0 Å². The Labute approximate surface area is 128 Å². The second-order valence-corrected chi connectivity index (χ2v) is 7.03. The lowest BCUT2D eigenvalue weighted by Crippen LogP contribution is -2.35. The number of aromatic nitrogens is 1. The molecule has 1 heterocycles. The van der Waals surface area contributed by atoms with E-state index in [1.807, 2.05) is 6.92 Å². The Morgan fingerprint density at radius 2 is 1.81 bits per heavy atom. The maximum Gasteiger partial charge on any atom is 0.136 e. The molecule has 2 rings (SSSR count). The molecule has 0 aliphatic heterocycles. The van der Waals surface area contributed by atoms with Crippen LogP contribution in [0.3, 0.4) is 0 Å². The highest BCUT2D eigenvalue weighted by atomic mass is 32.1. The molecule has 0 saturated carbocycles. The van der Waals surface area contributed by atoms with E-state index >= 15 is 0 Å². The van der Waals surface area contributed by atoms with Gasteiger partial charge in [-0.05, 0) is 39.3 Å². The highest BCUT2D eigenvalue weighted by Crippen LogP contribution is 2.32. The Hall–Kier alpha value is -1.33. The fraction of sp³-hybridized carbons (Fsp3) is 0.438. The van der Waals surface area contributed by atoms with E-state index in [4.69, 9.17) is 0 Å². The van der Waals surface area contributed by atoms with Crippen LogP contribution in [0.15, 0.2) is 18.2 Å². The lowest BCUT2D eigenvalue weighted by atomic mass is 10.1. The fourth-order valence-electron chi connectivity index (χ4n) is 1.95. The van der Waals surface area contributed by atoms with E-state index in [1.54, 1.807) is 0 Å². The zero-order valence-corrected chi connectivity index (χ0v) is 13.6. The van der Waals surface area contributed by atoms with Gasteiger partial charge in [0.05, 0.1) is 11.3 Å². The first-order valence-corrected chi connectivity index (χ1v) is 7.81. The average molecular weight is 310 g/mol. The first-order valence-electron chi connectivity index (χ1n) is 7.00. The predicted octanol–water partition coefficient (Wildman–Crippen LogP) is 4.54. The van der Waals surface area contributed by atoms with Crippen molar-refractivity contribution in [3.63, 3.8) is 0 Å². The minimum absolute atomic E-state index is 0.0155. The number of nitrogens with zero attached hydrogens (tertiary/aromatic N) is 1. The van der Waals surface area contributed by atoms with Gasteiger partial charge in [0.15, 0.2) is 0 Å². The molecule has 0 atom stereocenters. The van der Waals surface area contributed by atoms with Crippen molar-refractivity contribution in [3.05, 3.63) is 40.4 Å². The van der Waals surface area contributed by atoms with Gasteiger partial charge >= 0.3 is 0 Å². The maximum absolute atomic E-state index is 13.9. The van der Waals surface area contributed by atoms with Crippen molar-refractivity contribution in [2.24, 2.45) is 0 Å². The Morgan fingerprint density at radius 1 is 1.19 bits per heavy atom. The molecule has 114 valence electrons. The Bertz CT molecular complexity index is 609. The van der Waals surface area contributed by atoms with E-state index in [0.29, 0.717) is 11.6 Å². The van der Waals surface area contributed by atoms with Gasteiger partial charge < -0.3 is 5.32 Å². The van der Waals surface area contributed by atoms with Crippen molar-refractivity contribution in [1.82, 2.24) is 10.3 Å². The first kappa shape index (κ1) is 16.0. The van der Waals surface area contributed by atoms with Crippen LogP contribution in [-0.2, 0) is 13.0 Å². The van der Waals surface area contributed by atoms with Crippen molar-refractivity contribution >= 4 is 11.3 Å². The molecule has 2 aromatic rings. The number of rotatable bonds is 4. The highest BCUT2D eigenvalue weighted by Gasteiger charge is 2.19. The van der Waals surface area contributed by atoms with Crippen LogP contribution in [0, 0.1) is 11.6 Å². The van der Waals surface area contributed by atoms with E-state index in [0.717, 1.165) is 17.0 Å². The van der Waals surface area contributed by atoms with Gasteiger partial charge in [0.1, 0.15) is 16.6 Å². The third-order valence-electron chi connectivity index (χ3n) is 3.07. The number of halogens is 2. The molecule has 1 N–H and O–H groups in total.